The van der Waals surface area contributed by atoms with Crippen LogP contribution < -0.4 is 16.8 Å². The summed E-state index contributed by atoms with van der Waals surface area (Å²) in [6.45, 7) is 1.92. The summed E-state index contributed by atoms with van der Waals surface area (Å²) >= 11 is 0. The SMILES string of the molecule is Cc1ccc(F)c(Nc2cc(N)nn3cc(C4CCC(N)CC4)nc23)c1. The first-order valence-corrected chi connectivity index (χ1v) is 8.94. The third-order valence-corrected chi connectivity index (χ3v) is 5.04. The highest BCUT2D eigenvalue weighted by Gasteiger charge is 2.23. The molecule has 0 radical (unpaired) electrons. The number of aryl methyl sites for hydroxylation is 1. The van der Waals surface area contributed by atoms with Crippen LogP contribution in [0.15, 0.2) is 30.5 Å². The monoisotopic (exact) mass is 354 g/mol. The molecule has 0 unspecified atom stereocenters. The smallest absolute Gasteiger partial charge is 0.177 e. The lowest BCUT2D eigenvalue weighted by Gasteiger charge is -2.24. The largest absolute Gasteiger partial charge is 0.382 e. The van der Waals surface area contributed by atoms with Crippen molar-refractivity contribution in [2.24, 2.45) is 5.73 Å². The molecule has 26 heavy (non-hydrogen) atoms. The number of nitrogens with two attached hydrogens (primary N) is 2. The van der Waals surface area contributed by atoms with Crippen LogP contribution in [0.25, 0.3) is 5.65 Å². The Bertz CT molecular complexity index is 943. The van der Waals surface area contributed by atoms with Crippen LogP contribution in [0.5, 0.6) is 0 Å². The zero-order valence-electron chi connectivity index (χ0n) is 14.7. The Morgan fingerprint density at radius 1 is 1.15 bits per heavy atom. The molecule has 7 heteroatoms. The Morgan fingerprint density at radius 2 is 1.92 bits per heavy atom. The van der Waals surface area contributed by atoms with Gasteiger partial charge < -0.3 is 16.8 Å². The van der Waals surface area contributed by atoms with Crippen molar-refractivity contribution in [3.05, 3.63) is 47.5 Å². The number of aromatic nitrogens is 3. The van der Waals surface area contributed by atoms with Crippen molar-refractivity contribution in [1.82, 2.24) is 14.6 Å². The second-order valence-electron chi connectivity index (χ2n) is 7.14. The van der Waals surface area contributed by atoms with Crippen LogP contribution in [0.2, 0.25) is 0 Å². The van der Waals surface area contributed by atoms with Gasteiger partial charge in [0.25, 0.3) is 0 Å². The fraction of sp³-hybridized carbons (Fsp3) is 0.368. The third-order valence-electron chi connectivity index (χ3n) is 5.04. The van der Waals surface area contributed by atoms with Gasteiger partial charge in [0.2, 0.25) is 0 Å². The van der Waals surface area contributed by atoms with Crippen LogP contribution in [0.3, 0.4) is 0 Å². The van der Waals surface area contributed by atoms with Gasteiger partial charge in [0.1, 0.15) is 11.6 Å². The van der Waals surface area contributed by atoms with E-state index in [1.165, 1.54) is 6.07 Å². The zero-order valence-corrected chi connectivity index (χ0v) is 14.7. The predicted molar refractivity (Wildman–Crippen MR) is 101 cm³/mol. The molecule has 1 aliphatic rings. The van der Waals surface area contributed by atoms with Gasteiger partial charge in [0.15, 0.2) is 5.65 Å². The molecule has 2 aromatic heterocycles. The Hall–Kier alpha value is -2.67. The van der Waals surface area contributed by atoms with E-state index in [4.69, 9.17) is 16.5 Å². The molecule has 0 bridgehead atoms. The minimum Gasteiger partial charge on any atom is -0.382 e. The van der Waals surface area contributed by atoms with E-state index in [1.54, 1.807) is 22.7 Å². The topological polar surface area (TPSA) is 94.3 Å². The minimum absolute atomic E-state index is 0.290. The highest BCUT2D eigenvalue weighted by atomic mass is 19.1. The van der Waals surface area contributed by atoms with Crippen LogP contribution in [0.4, 0.5) is 21.6 Å². The van der Waals surface area contributed by atoms with E-state index < -0.39 is 0 Å². The van der Waals surface area contributed by atoms with Gasteiger partial charge >= 0.3 is 0 Å². The highest BCUT2D eigenvalue weighted by molar-refractivity contribution is 5.76. The van der Waals surface area contributed by atoms with E-state index in [0.29, 0.717) is 34.8 Å². The summed E-state index contributed by atoms with van der Waals surface area (Å²) in [5.74, 6) is 0.404. The summed E-state index contributed by atoms with van der Waals surface area (Å²) in [6, 6.07) is 6.91. The van der Waals surface area contributed by atoms with Crippen molar-refractivity contribution in [3.8, 4) is 0 Å². The highest BCUT2D eigenvalue weighted by Crippen LogP contribution is 2.33. The summed E-state index contributed by atoms with van der Waals surface area (Å²) in [5.41, 5.74) is 15.6. The lowest BCUT2D eigenvalue weighted by atomic mass is 9.85. The molecular weight excluding hydrogens is 331 g/mol. The number of fused-ring (bicyclic) bond motifs is 1. The number of imidazole rings is 1. The second-order valence-corrected chi connectivity index (χ2v) is 7.14. The van der Waals surface area contributed by atoms with E-state index in [1.807, 2.05) is 13.1 Å². The Balaban J connectivity index is 1.71. The maximum atomic E-state index is 14.1. The van der Waals surface area contributed by atoms with Crippen molar-refractivity contribution in [2.45, 2.75) is 44.6 Å². The van der Waals surface area contributed by atoms with E-state index >= 15 is 0 Å². The molecule has 1 aromatic carbocycles. The predicted octanol–water partition coefficient (Wildman–Crippen LogP) is 3.49. The number of halogens is 1. The number of hydrogen-bond acceptors (Lipinski definition) is 5. The lowest BCUT2D eigenvalue weighted by molar-refractivity contribution is 0.391. The van der Waals surface area contributed by atoms with Crippen molar-refractivity contribution >= 4 is 22.8 Å². The number of hydrogen-bond donors (Lipinski definition) is 3. The average Bonchev–Trinajstić information content (AvgIpc) is 3.03. The number of rotatable bonds is 3. The quantitative estimate of drug-likeness (QED) is 0.669. The number of nitrogen functional groups attached to an aromatic ring is 1. The fourth-order valence-corrected chi connectivity index (χ4v) is 3.60. The van der Waals surface area contributed by atoms with Gasteiger partial charge in [-0.25, -0.2) is 13.9 Å². The molecule has 5 N–H and O–H groups in total. The zero-order chi connectivity index (χ0) is 18.3. The Morgan fingerprint density at radius 3 is 2.69 bits per heavy atom. The average molecular weight is 354 g/mol. The molecule has 0 spiro atoms. The summed E-state index contributed by atoms with van der Waals surface area (Å²) in [7, 11) is 0. The molecule has 4 rings (SSSR count). The van der Waals surface area contributed by atoms with Crippen molar-refractivity contribution in [3.63, 3.8) is 0 Å². The normalized spacial score (nSPS) is 20.4. The number of nitrogens with one attached hydrogen (secondary N) is 1. The number of nitrogens with zero attached hydrogens (tertiary/aromatic N) is 3. The first-order chi connectivity index (χ1) is 12.5. The fourth-order valence-electron chi connectivity index (χ4n) is 3.60. The van der Waals surface area contributed by atoms with Crippen LogP contribution >= 0.6 is 0 Å². The molecule has 1 fully saturated rings. The van der Waals surface area contributed by atoms with E-state index in [9.17, 15) is 4.39 Å². The molecule has 0 atom stereocenters. The van der Waals surface area contributed by atoms with Gasteiger partial charge in [-0.05, 0) is 50.3 Å². The third kappa shape index (κ3) is 3.22. The van der Waals surface area contributed by atoms with Crippen LogP contribution in [0.1, 0.15) is 42.9 Å². The van der Waals surface area contributed by atoms with Gasteiger partial charge in [-0.2, -0.15) is 0 Å². The van der Waals surface area contributed by atoms with Crippen molar-refractivity contribution in [1.29, 1.82) is 0 Å². The van der Waals surface area contributed by atoms with E-state index in [2.05, 4.69) is 10.4 Å². The minimum atomic E-state index is -0.322. The molecule has 1 saturated carbocycles. The molecule has 3 aromatic rings. The van der Waals surface area contributed by atoms with Crippen LogP contribution in [-0.2, 0) is 0 Å². The van der Waals surface area contributed by atoms with Gasteiger partial charge in [0, 0.05) is 18.0 Å². The first kappa shape index (κ1) is 16.8. The second kappa shape index (κ2) is 6.57. The van der Waals surface area contributed by atoms with E-state index in [0.717, 1.165) is 36.9 Å². The molecule has 0 saturated heterocycles. The standard InChI is InChI=1S/C19H23FN6/c1-11-2-7-14(20)15(8-11)23-16-9-18(22)25-26-10-17(24-19(16)26)12-3-5-13(21)6-4-12/h2,7-10,12-13,23H,3-6,21H2,1H3,(H2,22,25). The van der Waals surface area contributed by atoms with Crippen molar-refractivity contribution < 1.29 is 4.39 Å². The maximum Gasteiger partial charge on any atom is 0.177 e. The number of anilines is 3. The van der Waals surface area contributed by atoms with Gasteiger partial charge in [-0.15, -0.1) is 5.10 Å². The molecular formula is C19H23FN6. The Kier molecular flexibility index (Phi) is 4.24. The van der Waals surface area contributed by atoms with Gasteiger partial charge in [0.05, 0.1) is 23.3 Å². The lowest BCUT2D eigenvalue weighted by Crippen LogP contribution is -2.25. The summed E-state index contributed by atoms with van der Waals surface area (Å²) in [4.78, 5) is 4.77. The molecule has 136 valence electrons. The summed E-state index contributed by atoms with van der Waals surface area (Å²) < 4.78 is 15.8. The summed E-state index contributed by atoms with van der Waals surface area (Å²) in [5, 5.41) is 7.44. The van der Waals surface area contributed by atoms with Gasteiger partial charge in [-0.1, -0.05) is 6.07 Å². The molecule has 2 heterocycles. The molecule has 6 nitrogen and oxygen atoms in total. The maximum absolute atomic E-state index is 14.1. The molecule has 0 amide bonds. The first-order valence-electron chi connectivity index (χ1n) is 8.94. The van der Waals surface area contributed by atoms with Gasteiger partial charge in [-0.3, -0.25) is 0 Å². The van der Waals surface area contributed by atoms with Crippen LogP contribution in [0, 0.1) is 12.7 Å². The summed E-state index contributed by atoms with van der Waals surface area (Å²) in [6.07, 6.45) is 5.98. The van der Waals surface area contributed by atoms with E-state index in [-0.39, 0.29) is 5.82 Å². The van der Waals surface area contributed by atoms with Crippen LogP contribution in [-0.4, -0.2) is 20.6 Å². The molecule has 0 aliphatic heterocycles. The number of benzene rings is 1. The Labute approximate surface area is 151 Å². The van der Waals surface area contributed by atoms with Crippen molar-refractivity contribution in [2.75, 3.05) is 11.1 Å². The molecule has 1 aliphatic carbocycles.